The average molecular weight is 268 g/mol. The zero-order chi connectivity index (χ0) is 13.6. The van der Waals surface area contributed by atoms with E-state index in [9.17, 15) is 13.2 Å². The minimum atomic E-state index is -4.23. The summed E-state index contributed by atoms with van der Waals surface area (Å²) in [4.78, 5) is 2.23. The van der Waals surface area contributed by atoms with E-state index in [4.69, 9.17) is 0 Å². The topological polar surface area (TPSA) is 24.5 Å². The largest absolute Gasteiger partial charge is 0.411 e. The van der Waals surface area contributed by atoms with Crippen molar-refractivity contribution in [3.63, 3.8) is 0 Å². The molecule has 0 heterocycles. The Hall–Kier alpha value is -0.330. The molecule has 0 saturated heterocycles. The van der Waals surface area contributed by atoms with Crippen molar-refractivity contribution >= 4 is 0 Å². The van der Waals surface area contributed by atoms with Crippen molar-refractivity contribution in [3.8, 4) is 0 Å². The molecule has 1 saturated carbocycles. The van der Waals surface area contributed by atoms with E-state index < -0.39 is 12.8 Å². The Morgan fingerprint density at radius 3 is 2.33 bits per heavy atom. The molecule has 1 fully saturated rings. The van der Waals surface area contributed by atoms with Crippen molar-refractivity contribution in [2.75, 3.05) is 40.4 Å². The molecule has 3 nitrogen and oxygen atoms in total. The molecule has 1 rings (SSSR count). The van der Waals surface area contributed by atoms with Gasteiger partial charge in [0.2, 0.25) is 0 Å². The summed E-state index contributed by atoms with van der Waals surface area (Å²) < 4.78 is 40.0. The summed E-state index contributed by atoms with van der Waals surface area (Å²) in [5.74, 6) is 0. The highest BCUT2D eigenvalue weighted by Gasteiger charge is 2.35. The highest BCUT2D eigenvalue weighted by molar-refractivity contribution is 4.94. The van der Waals surface area contributed by atoms with Gasteiger partial charge in [-0.25, -0.2) is 0 Å². The first kappa shape index (κ1) is 15.7. The highest BCUT2D eigenvalue weighted by Crippen LogP contribution is 2.32. The van der Waals surface area contributed by atoms with Gasteiger partial charge in [0.25, 0.3) is 0 Å². The quantitative estimate of drug-likeness (QED) is 0.715. The van der Waals surface area contributed by atoms with Crippen LogP contribution in [-0.4, -0.2) is 57.0 Å². The van der Waals surface area contributed by atoms with Gasteiger partial charge in [-0.05, 0) is 26.9 Å². The number of nitrogens with one attached hydrogen (secondary N) is 1. The fourth-order valence-electron chi connectivity index (χ4n) is 2.47. The Morgan fingerprint density at radius 1 is 1.22 bits per heavy atom. The lowest BCUT2D eigenvalue weighted by Crippen LogP contribution is -2.50. The van der Waals surface area contributed by atoms with Gasteiger partial charge in [0, 0.05) is 18.6 Å². The van der Waals surface area contributed by atoms with Gasteiger partial charge in [-0.1, -0.05) is 12.8 Å². The Kier molecular flexibility index (Phi) is 5.88. The van der Waals surface area contributed by atoms with Crippen LogP contribution in [-0.2, 0) is 4.74 Å². The zero-order valence-corrected chi connectivity index (χ0v) is 11.1. The molecule has 0 aliphatic heterocycles. The summed E-state index contributed by atoms with van der Waals surface area (Å²) in [7, 11) is 4.13. The SMILES string of the molecule is CN(C)C1(CNCCOCC(F)(F)F)CCCC1. The maximum atomic E-state index is 11.8. The third kappa shape index (κ3) is 5.12. The number of ether oxygens (including phenoxy) is 1. The molecule has 0 aromatic heterocycles. The molecular formula is C12H23F3N2O. The smallest absolute Gasteiger partial charge is 0.371 e. The van der Waals surface area contributed by atoms with E-state index in [1.54, 1.807) is 0 Å². The molecule has 18 heavy (non-hydrogen) atoms. The number of nitrogens with zero attached hydrogens (tertiary/aromatic N) is 1. The van der Waals surface area contributed by atoms with E-state index in [2.05, 4.69) is 29.0 Å². The number of rotatable bonds is 7. The zero-order valence-electron chi connectivity index (χ0n) is 11.1. The fourth-order valence-corrected chi connectivity index (χ4v) is 2.47. The van der Waals surface area contributed by atoms with Gasteiger partial charge in [-0.15, -0.1) is 0 Å². The van der Waals surface area contributed by atoms with Gasteiger partial charge in [-0.3, -0.25) is 0 Å². The highest BCUT2D eigenvalue weighted by atomic mass is 19.4. The summed E-state index contributed by atoms with van der Waals surface area (Å²) in [5.41, 5.74) is 0.171. The van der Waals surface area contributed by atoms with Crippen LogP contribution in [0.5, 0.6) is 0 Å². The Bertz CT molecular complexity index is 238. The van der Waals surface area contributed by atoms with Crippen molar-refractivity contribution in [2.45, 2.75) is 37.4 Å². The molecule has 1 aliphatic carbocycles. The Morgan fingerprint density at radius 2 is 1.83 bits per heavy atom. The lowest BCUT2D eigenvalue weighted by atomic mass is 9.96. The minimum absolute atomic E-state index is 0.100. The van der Waals surface area contributed by atoms with E-state index in [1.165, 1.54) is 12.8 Å². The van der Waals surface area contributed by atoms with Crippen LogP contribution >= 0.6 is 0 Å². The molecule has 6 heteroatoms. The van der Waals surface area contributed by atoms with Crippen molar-refractivity contribution in [3.05, 3.63) is 0 Å². The lowest BCUT2D eigenvalue weighted by molar-refractivity contribution is -0.173. The van der Waals surface area contributed by atoms with Crippen LogP contribution in [0.1, 0.15) is 25.7 Å². The molecule has 0 spiro atoms. The lowest BCUT2D eigenvalue weighted by Gasteiger charge is -2.36. The van der Waals surface area contributed by atoms with Crippen LogP contribution in [0, 0.1) is 0 Å². The van der Waals surface area contributed by atoms with Crippen molar-refractivity contribution < 1.29 is 17.9 Å². The predicted octanol–water partition coefficient (Wildman–Crippen LogP) is 2.03. The molecule has 1 aliphatic rings. The second kappa shape index (κ2) is 6.73. The second-order valence-corrected chi connectivity index (χ2v) is 5.17. The van der Waals surface area contributed by atoms with E-state index in [0.29, 0.717) is 6.54 Å². The van der Waals surface area contributed by atoms with Gasteiger partial charge in [-0.2, -0.15) is 13.2 Å². The van der Waals surface area contributed by atoms with Gasteiger partial charge in [0.05, 0.1) is 6.61 Å². The molecule has 0 aromatic rings. The average Bonchev–Trinajstić information content (AvgIpc) is 2.71. The Labute approximate surface area is 107 Å². The van der Waals surface area contributed by atoms with E-state index >= 15 is 0 Å². The summed E-state index contributed by atoms with van der Waals surface area (Å²) in [6.07, 6.45) is 0.526. The van der Waals surface area contributed by atoms with Gasteiger partial charge in [0.15, 0.2) is 0 Å². The van der Waals surface area contributed by atoms with Crippen LogP contribution in [0.15, 0.2) is 0 Å². The standard InChI is InChI=1S/C12H23F3N2O/c1-17(2)11(5-3-4-6-11)9-16-7-8-18-10-12(13,14)15/h16H,3-10H2,1-2H3. The van der Waals surface area contributed by atoms with Crippen molar-refractivity contribution in [1.29, 1.82) is 0 Å². The minimum Gasteiger partial charge on any atom is -0.371 e. The maximum absolute atomic E-state index is 11.8. The third-order valence-electron chi connectivity index (χ3n) is 3.63. The second-order valence-electron chi connectivity index (χ2n) is 5.17. The maximum Gasteiger partial charge on any atom is 0.411 e. The fraction of sp³-hybridized carbons (Fsp3) is 1.00. The molecule has 0 radical (unpaired) electrons. The van der Waals surface area contributed by atoms with Crippen LogP contribution < -0.4 is 5.32 Å². The summed E-state index contributed by atoms with van der Waals surface area (Å²) in [6, 6.07) is 0. The number of alkyl halides is 3. The van der Waals surface area contributed by atoms with Crippen molar-refractivity contribution in [1.82, 2.24) is 10.2 Å². The molecular weight excluding hydrogens is 245 g/mol. The van der Waals surface area contributed by atoms with E-state index in [0.717, 1.165) is 19.4 Å². The Balaban J connectivity index is 2.13. The molecule has 1 N–H and O–H groups in total. The first-order chi connectivity index (χ1) is 8.36. The molecule has 108 valence electrons. The first-order valence-corrected chi connectivity index (χ1v) is 6.38. The number of hydrogen-bond acceptors (Lipinski definition) is 3. The third-order valence-corrected chi connectivity index (χ3v) is 3.63. The van der Waals surface area contributed by atoms with E-state index in [-0.39, 0.29) is 12.1 Å². The van der Waals surface area contributed by atoms with Crippen molar-refractivity contribution in [2.24, 2.45) is 0 Å². The molecule has 0 atom stereocenters. The summed E-state index contributed by atoms with van der Waals surface area (Å²) in [5, 5.41) is 3.20. The summed E-state index contributed by atoms with van der Waals surface area (Å²) >= 11 is 0. The molecule has 0 unspecified atom stereocenters. The normalized spacial score (nSPS) is 19.7. The van der Waals surface area contributed by atoms with E-state index in [1.807, 2.05) is 0 Å². The van der Waals surface area contributed by atoms with Crippen LogP contribution in [0.25, 0.3) is 0 Å². The predicted molar refractivity (Wildman–Crippen MR) is 64.6 cm³/mol. The van der Waals surface area contributed by atoms with Gasteiger partial charge in [0.1, 0.15) is 6.61 Å². The number of halogens is 3. The summed E-state index contributed by atoms with van der Waals surface area (Å²) in [6.45, 7) is 0.220. The number of likely N-dealkylation sites (N-methyl/N-ethyl adjacent to an activating group) is 1. The van der Waals surface area contributed by atoms with Crippen LogP contribution in [0.4, 0.5) is 13.2 Å². The van der Waals surface area contributed by atoms with Crippen LogP contribution in [0.2, 0.25) is 0 Å². The number of hydrogen-bond donors (Lipinski definition) is 1. The molecule has 0 aromatic carbocycles. The molecule has 0 bridgehead atoms. The monoisotopic (exact) mass is 268 g/mol. The van der Waals surface area contributed by atoms with Gasteiger partial charge < -0.3 is 15.0 Å². The van der Waals surface area contributed by atoms with Gasteiger partial charge >= 0.3 is 6.18 Å². The molecule has 0 amide bonds. The first-order valence-electron chi connectivity index (χ1n) is 6.38. The van der Waals surface area contributed by atoms with Crippen LogP contribution in [0.3, 0.4) is 0 Å².